The summed E-state index contributed by atoms with van der Waals surface area (Å²) in [5, 5.41) is 11.8. The number of rotatable bonds is 6. The van der Waals surface area contributed by atoms with E-state index in [4.69, 9.17) is 11.1 Å². The number of anilines is 1. The molecule has 9 heteroatoms. The smallest absolute Gasteiger partial charge is 0.370 e. The third-order valence-electron chi connectivity index (χ3n) is 3.61. The number of amides is 1. The Labute approximate surface area is 153 Å². The molecule has 0 aliphatic rings. The standard InChI is InChI=1S/C18H17F3N4O2/c19-18(20,21)15(26)14(25-16(27)12-4-2-1-3-5-12)10-11-6-8-13(9-7-11)24-17(22)23/h1-9,14H,10H2,(H,25,27)(H4,22,23,24). The van der Waals surface area contributed by atoms with E-state index >= 15 is 0 Å². The van der Waals surface area contributed by atoms with E-state index in [0.29, 0.717) is 11.3 Å². The summed E-state index contributed by atoms with van der Waals surface area (Å²) in [6.07, 6.45) is -5.41. The first-order chi connectivity index (χ1) is 12.7. The molecule has 0 fully saturated rings. The van der Waals surface area contributed by atoms with Crippen molar-refractivity contribution in [3.63, 3.8) is 0 Å². The van der Waals surface area contributed by atoms with Crippen LogP contribution in [-0.2, 0) is 11.2 Å². The van der Waals surface area contributed by atoms with Gasteiger partial charge in [-0.05, 0) is 29.8 Å². The van der Waals surface area contributed by atoms with Crippen molar-refractivity contribution in [3.05, 3.63) is 65.7 Å². The fourth-order valence-corrected chi connectivity index (χ4v) is 2.35. The Kier molecular flexibility index (Phi) is 6.17. The van der Waals surface area contributed by atoms with Gasteiger partial charge in [0.2, 0.25) is 0 Å². The summed E-state index contributed by atoms with van der Waals surface area (Å²) in [6, 6.07) is 11.9. The first-order valence-electron chi connectivity index (χ1n) is 7.84. The normalized spacial score (nSPS) is 12.1. The van der Waals surface area contributed by atoms with E-state index < -0.39 is 23.9 Å². The van der Waals surface area contributed by atoms with E-state index in [1.807, 2.05) is 0 Å². The van der Waals surface area contributed by atoms with Crippen LogP contribution in [0.5, 0.6) is 0 Å². The molecule has 0 spiro atoms. The lowest BCUT2D eigenvalue weighted by Gasteiger charge is -2.19. The van der Waals surface area contributed by atoms with Gasteiger partial charge in [0.15, 0.2) is 5.96 Å². The molecule has 0 saturated carbocycles. The largest absolute Gasteiger partial charge is 0.452 e. The number of halogens is 3. The Balaban J connectivity index is 2.18. The average molecular weight is 378 g/mol. The molecule has 1 atom stereocenters. The number of hydrogen-bond acceptors (Lipinski definition) is 3. The van der Waals surface area contributed by atoms with Gasteiger partial charge in [-0.3, -0.25) is 15.0 Å². The second-order valence-corrected chi connectivity index (χ2v) is 5.69. The van der Waals surface area contributed by atoms with E-state index in [2.05, 4.69) is 10.6 Å². The predicted molar refractivity (Wildman–Crippen MR) is 94.4 cm³/mol. The molecule has 0 bridgehead atoms. The lowest BCUT2D eigenvalue weighted by molar-refractivity contribution is -0.173. The maximum absolute atomic E-state index is 12.9. The summed E-state index contributed by atoms with van der Waals surface area (Å²) in [7, 11) is 0. The van der Waals surface area contributed by atoms with E-state index in [9.17, 15) is 22.8 Å². The highest BCUT2D eigenvalue weighted by Crippen LogP contribution is 2.21. The molecule has 2 rings (SSSR count). The summed E-state index contributed by atoms with van der Waals surface area (Å²) in [6.45, 7) is 0. The van der Waals surface area contributed by atoms with Crippen molar-refractivity contribution in [1.82, 2.24) is 5.32 Å². The van der Waals surface area contributed by atoms with Crippen LogP contribution in [0, 0.1) is 5.41 Å². The highest BCUT2D eigenvalue weighted by atomic mass is 19.4. The molecule has 27 heavy (non-hydrogen) atoms. The topological polar surface area (TPSA) is 108 Å². The fourth-order valence-electron chi connectivity index (χ4n) is 2.35. The Bertz CT molecular complexity index is 821. The number of hydrogen-bond donors (Lipinski definition) is 4. The summed E-state index contributed by atoms with van der Waals surface area (Å²) in [5.41, 5.74) is 6.22. The molecule has 6 nitrogen and oxygen atoms in total. The van der Waals surface area contributed by atoms with Gasteiger partial charge < -0.3 is 16.4 Å². The molecular weight excluding hydrogens is 361 g/mol. The molecule has 2 aromatic rings. The monoisotopic (exact) mass is 378 g/mol. The van der Waals surface area contributed by atoms with Crippen LogP contribution in [0.1, 0.15) is 15.9 Å². The van der Waals surface area contributed by atoms with E-state index in [-0.39, 0.29) is 17.9 Å². The van der Waals surface area contributed by atoms with Gasteiger partial charge in [-0.25, -0.2) is 0 Å². The Hall–Kier alpha value is -3.36. The molecular formula is C18H17F3N4O2. The molecule has 5 N–H and O–H groups in total. The zero-order chi connectivity index (χ0) is 20.0. The highest BCUT2D eigenvalue weighted by molar-refractivity contribution is 5.99. The summed E-state index contributed by atoms with van der Waals surface area (Å²) in [4.78, 5) is 23.9. The Morgan fingerprint density at radius 3 is 2.15 bits per heavy atom. The van der Waals surface area contributed by atoms with Crippen molar-refractivity contribution in [2.75, 3.05) is 5.32 Å². The number of nitrogens with one attached hydrogen (secondary N) is 3. The van der Waals surface area contributed by atoms with Gasteiger partial charge in [-0.2, -0.15) is 13.2 Å². The summed E-state index contributed by atoms with van der Waals surface area (Å²) < 4.78 is 38.7. The van der Waals surface area contributed by atoms with Gasteiger partial charge in [-0.1, -0.05) is 30.3 Å². The maximum atomic E-state index is 12.9. The van der Waals surface area contributed by atoms with Crippen LogP contribution < -0.4 is 16.4 Å². The van der Waals surface area contributed by atoms with Gasteiger partial charge >= 0.3 is 6.18 Å². The fraction of sp³-hybridized carbons (Fsp3) is 0.167. The van der Waals surface area contributed by atoms with Crippen LogP contribution in [0.3, 0.4) is 0 Å². The quantitative estimate of drug-likeness (QED) is 0.457. The van der Waals surface area contributed by atoms with E-state index in [1.165, 1.54) is 36.4 Å². The van der Waals surface area contributed by atoms with Crippen LogP contribution in [0.15, 0.2) is 54.6 Å². The molecule has 0 heterocycles. The zero-order valence-electron chi connectivity index (χ0n) is 14.0. The van der Waals surface area contributed by atoms with Crippen LogP contribution in [0.25, 0.3) is 0 Å². The van der Waals surface area contributed by atoms with Gasteiger partial charge in [0.05, 0.1) is 0 Å². The second kappa shape index (κ2) is 8.35. The van der Waals surface area contributed by atoms with Crippen LogP contribution in [0.4, 0.5) is 18.9 Å². The van der Waals surface area contributed by atoms with Gasteiger partial charge in [0.25, 0.3) is 11.7 Å². The van der Waals surface area contributed by atoms with Gasteiger partial charge in [0, 0.05) is 17.7 Å². The molecule has 2 aromatic carbocycles. The lowest BCUT2D eigenvalue weighted by atomic mass is 10.0. The van der Waals surface area contributed by atoms with Crippen LogP contribution in [0.2, 0.25) is 0 Å². The molecule has 0 aliphatic heterocycles. The van der Waals surface area contributed by atoms with Crippen LogP contribution >= 0.6 is 0 Å². The molecule has 1 amide bonds. The number of nitrogens with two attached hydrogens (primary N) is 1. The van der Waals surface area contributed by atoms with Gasteiger partial charge in [-0.15, -0.1) is 0 Å². The number of benzene rings is 2. The number of carbonyl (C=O) groups is 2. The summed E-state index contributed by atoms with van der Waals surface area (Å²) in [5.74, 6) is -3.09. The number of guanidine groups is 1. The Morgan fingerprint density at radius 2 is 1.63 bits per heavy atom. The highest BCUT2D eigenvalue weighted by Gasteiger charge is 2.43. The molecule has 142 valence electrons. The van der Waals surface area contributed by atoms with Crippen molar-refractivity contribution in [2.45, 2.75) is 18.6 Å². The summed E-state index contributed by atoms with van der Waals surface area (Å²) >= 11 is 0. The average Bonchev–Trinajstić information content (AvgIpc) is 2.61. The number of carbonyl (C=O) groups excluding carboxylic acids is 2. The first kappa shape index (κ1) is 20.0. The van der Waals surface area contributed by atoms with Gasteiger partial charge in [0.1, 0.15) is 6.04 Å². The third-order valence-corrected chi connectivity index (χ3v) is 3.61. The minimum absolute atomic E-state index is 0.151. The molecule has 0 aromatic heterocycles. The molecule has 0 aliphatic carbocycles. The zero-order valence-corrected chi connectivity index (χ0v) is 14.0. The molecule has 0 saturated heterocycles. The number of ketones is 1. The lowest BCUT2D eigenvalue weighted by Crippen LogP contribution is -2.48. The molecule has 0 radical (unpaired) electrons. The number of Topliss-reactive ketones (excluding diaryl/α,β-unsaturated/α-hetero) is 1. The Morgan fingerprint density at radius 1 is 1.04 bits per heavy atom. The van der Waals surface area contributed by atoms with Crippen molar-refractivity contribution < 1.29 is 22.8 Å². The minimum Gasteiger partial charge on any atom is -0.370 e. The van der Waals surface area contributed by atoms with Crippen molar-refractivity contribution >= 4 is 23.3 Å². The maximum Gasteiger partial charge on any atom is 0.452 e. The van der Waals surface area contributed by atoms with Crippen molar-refractivity contribution in [3.8, 4) is 0 Å². The first-order valence-corrected chi connectivity index (χ1v) is 7.84. The predicted octanol–water partition coefficient (Wildman–Crippen LogP) is 2.46. The van der Waals surface area contributed by atoms with Crippen LogP contribution in [-0.4, -0.2) is 29.9 Å². The SMILES string of the molecule is N=C(N)Nc1ccc(CC(NC(=O)c2ccccc2)C(=O)C(F)(F)F)cc1. The van der Waals surface area contributed by atoms with Crippen molar-refractivity contribution in [1.29, 1.82) is 5.41 Å². The van der Waals surface area contributed by atoms with E-state index in [0.717, 1.165) is 0 Å². The molecule has 1 unspecified atom stereocenters. The van der Waals surface area contributed by atoms with Crippen molar-refractivity contribution in [2.24, 2.45) is 5.73 Å². The number of alkyl halides is 3. The second-order valence-electron chi connectivity index (χ2n) is 5.69. The minimum atomic E-state index is -5.08. The third kappa shape index (κ3) is 5.84. The van der Waals surface area contributed by atoms with E-state index in [1.54, 1.807) is 18.2 Å².